The van der Waals surface area contributed by atoms with Crippen LogP contribution in [0.4, 0.5) is 0 Å². The molecule has 0 N–H and O–H groups in total. The molecule has 0 aliphatic carbocycles. The molecule has 2 atom stereocenters. The van der Waals surface area contributed by atoms with Gasteiger partial charge >= 0.3 is 0 Å². The number of hydrogen-bond donors (Lipinski definition) is 0. The SMILES string of the molecule is CC1(C)O[C@@H](/C=C/C=O)[C@H](COCc2ccccc2)O1. The molecule has 20 heavy (non-hydrogen) atoms. The Morgan fingerprint density at radius 3 is 2.70 bits per heavy atom. The number of hydrogen-bond acceptors (Lipinski definition) is 4. The van der Waals surface area contributed by atoms with E-state index in [4.69, 9.17) is 14.2 Å². The van der Waals surface area contributed by atoms with Crippen LogP contribution >= 0.6 is 0 Å². The molecule has 0 radical (unpaired) electrons. The summed E-state index contributed by atoms with van der Waals surface area (Å²) in [5.74, 6) is -0.654. The van der Waals surface area contributed by atoms with Crippen LogP contribution in [-0.4, -0.2) is 30.9 Å². The van der Waals surface area contributed by atoms with Crippen LogP contribution in [-0.2, 0) is 25.6 Å². The summed E-state index contributed by atoms with van der Waals surface area (Å²) in [6.07, 6.45) is 3.41. The standard InChI is InChI=1S/C16H20O4/c1-16(2)19-14(9-6-10-17)15(20-16)12-18-11-13-7-4-3-5-8-13/h3-10,14-15H,11-12H2,1-2H3/b9-6+/t14-,15-/m0/s1. The first-order chi connectivity index (χ1) is 9.61. The Hall–Kier alpha value is -1.49. The first kappa shape index (κ1) is 14.9. The third-order valence-corrected chi connectivity index (χ3v) is 2.99. The summed E-state index contributed by atoms with van der Waals surface area (Å²) in [6, 6.07) is 9.96. The lowest BCUT2D eigenvalue weighted by Gasteiger charge is -2.16. The van der Waals surface area contributed by atoms with E-state index in [1.165, 1.54) is 6.08 Å². The summed E-state index contributed by atoms with van der Waals surface area (Å²) >= 11 is 0. The van der Waals surface area contributed by atoms with Crippen molar-refractivity contribution >= 4 is 6.29 Å². The number of benzene rings is 1. The Morgan fingerprint density at radius 2 is 2.00 bits per heavy atom. The van der Waals surface area contributed by atoms with Gasteiger partial charge in [-0.3, -0.25) is 4.79 Å². The van der Waals surface area contributed by atoms with E-state index < -0.39 is 5.79 Å². The van der Waals surface area contributed by atoms with Crippen LogP contribution in [0.5, 0.6) is 0 Å². The van der Waals surface area contributed by atoms with Crippen molar-refractivity contribution in [2.75, 3.05) is 6.61 Å². The van der Waals surface area contributed by atoms with E-state index in [9.17, 15) is 4.79 Å². The van der Waals surface area contributed by atoms with Gasteiger partial charge in [-0.1, -0.05) is 30.3 Å². The molecule has 0 amide bonds. The van der Waals surface area contributed by atoms with Crippen molar-refractivity contribution in [2.45, 2.75) is 38.4 Å². The highest BCUT2D eigenvalue weighted by Gasteiger charge is 2.39. The number of carbonyl (C=O) groups excluding carboxylic acids is 1. The fraction of sp³-hybridized carbons (Fsp3) is 0.438. The van der Waals surface area contributed by atoms with Gasteiger partial charge in [-0.05, 0) is 31.6 Å². The molecule has 1 aromatic carbocycles. The molecule has 1 aliphatic rings. The molecule has 1 saturated heterocycles. The van der Waals surface area contributed by atoms with Crippen LogP contribution < -0.4 is 0 Å². The average molecular weight is 276 g/mol. The summed E-state index contributed by atoms with van der Waals surface area (Å²) in [5, 5.41) is 0. The Kier molecular flexibility index (Phi) is 5.06. The summed E-state index contributed by atoms with van der Waals surface area (Å²) in [5.41, 5.74) is 1.12. The zero-order chi connectivity index (χ0) is 14.4. The van der Waals surface area contributed by atoms with E-state index in [2.05, 4.69) is 0 Å². The normalized spacial score (nSPS) is 25.1. The maximum absolute atomic E-state index is 10.4. The molecule has 0 saturated carbocycles. The predicted octanol–water partition coefficient (Wildman–Crippen LogP) is 2.48. The lowest BCUT2D eigenvalue weighted by Crippen LogP contribution is -2.26. The zero-order valence-corrected chi connectivity index (χ0v) is 11.8. The average Bonchev–Trinajstić information content (AvgIpc) is 2.72. The molecule has 0 spiro atoms. The minimum Gasteiger partial charge on any atom is -0.374 e. The first-order valence-corrected chi connectivity index (χ1v) is 6.70. The van der Waals surface area contributed by atoms with Gasteiger partial charge in [0.15, 0.2) is 5.79 Å². The lowest BCUT2D eigenvalue weighted by atomic mass is 10.2. The third kappa shape index (κ3) is 4.27. The predicted molar refractivity (Wildman–Crippen MR) is 75.1 cm³/mol. The minimum atomic E-state index is -0.654. The maximum atomic E-state index is 10.4. The van der Waals surface area contributed by atoms with Crippen molar-refractivity contribution in [2.24, 2.45) is 0 Å². The molecule has 1 heterocycles. The van der Waals surface area contributed by atoms with Gasteiger partial charge in [0.25, 0.3) is 0 Å². The summed E-state index contributed by atoms with van der Waals surface area (Å²) in [7, 11) is 0. The van der Waals surface area contributed by atoms with Crippen LogP contribution in [0.3, 0.4) is 0 Å². The Balaban J connectivity index is 1.86. The van der Waals surface area contributed by atoms with Gasteiger partial charge in [-0.25, -0.2) is 0 Å². The van der Waals surface area contributed by atoms with Gasteiger partial charge in [0.05, 0.1) is 13.2 Å². The first-order valence-electron chi connectivity index (χ1n) is 6.70. The van der Waals surface area contributed by atoms with E-state index in [1.54, 1.807) is 6.08 Å². The van der Waals surface area contributed by atoms with Crippen LogP contribution in [0.1, 0.15) is 19.4 Å². The van der Waals surface area contributed by atoms with Crippen LogP contribution in [0.25, 0.3) is 0 Å². The molecule has 2 rings (SSSR count). The number of carbonyl (C=O) groups is 1. The van der Waals surface area contributed by atoms with Crippen molar-refractivity contribution in [3.8, 4) is 0 Å². The van der Waals surface area contributed by atoms with Crippen molar-refractivity contribution < 1.29 is 19.0 Å². The molecule has 1 fully saturated rings. The second-order valence-electron chi connectivity index (χ2n) is 5.16. The Morgan fingerprint density at radius 1 is 1.25 bits per heavy atom. The monoisotopic (exact) mass is 276 g/mol. The Labute approximate surface area is 119 Å². The molecule has 1 aromatic rings. The zero-order valence-electron chi connectivity index (χ0n) is 11.8. The van der Waals surface area contributed by atoms with Crippen molar-refractivity contribution in [1.29, 1.82) is 0 Å². The topological polar surface area (TPSA) is 44.8 Å². The van der Waals surface area contributed by atoms with Gasteiger partial charge < -0.3 is 14.2 Å². The second kappa shape index (κ2) is 6.79. The lowest BCUT2D eigenvalue weighted by molar-refractivity contribution is -0.148. The molecular formula is C16H20O4. The van der Waals surface area contributed by atoms with Crippen LogP contribution in [0.15, 0.2) is 42.5 Å². The van der Waals surface area contributed by atoms with Gasteiger partial charge in [-0.15, -0.1) is 0 Å². The summed E-state index contributed by atoms with van der Waals surface area (Å²) in [6.45, 7) is 4.66. The number of aldehydes is 1. The molecular weight excluding hydrogens is 256 g/mol. The van der Waals surface area contributed by atoms with Crippen LogP contribution in [0.2, 0.25) is 0 Å². The fourth-order valence-electron chi connectivity index (χ4n) is 2.18. The van der Waals surface area contributed by atoms with Gasteiger partial charge in [0, 0.05) is 0 Å². The largest absolute Gasteiger partial charge is 0.374 e. The third-order valence-electron chi connectivity index (χ3n) is 2.99. The molecule has 0 aromatic heterocycles. The van der Waals surface area contributed by atoms with E-state index >= 15 is 0 Å². The van der Waals surface area contributed by atoms with Crippen LogP contribution in [0, 0.1) is 0 Å². The second-order valence-corrected chi connectivity index (χ2v) is 5.16. The van der Waals surface area contributed by atoms with Crippen molar-refractivity contribution in [3.05, 3.63) is 48.0 Å². The highest BCUT2D eigenvalue weighted by atomic mass is 16.8. The fourth-order valence-corrected chi connectivity index (χ4v) is 2.18. The number of rotatable bonds is 6. The highest BCUT2D eigenvalue weighted by molar-refractivity contribution is 5.64. The molecule has 108 valence electrons. The van der Waals surface area contributed by atoms with E-state index in [0.29, 0.717) is 13.2 Å². The molecule has 0 bridgehead atoms. The maximum Gasteiger partial charge on any atom is 0.164 e. The minimum absolute atomic E-state index is 0.204. The number of ether oxygens (including phenoxy) is 3. The molecule has 4 heteroatoms. The molecule has 1 aliphatic heterocycles. The van der Waals surface area contributed by atoms with Crippen molar-refractivity contribution in [1.82, 2.24) is 0 Å². The summed E-state index contributed by atoms with van der Waals surface area (Å²) in [4.78, 5) is 10.4. The van der Waals surface area contributed by atoms with Gasteiger partial charge in [-0.2, -0.15) is 0 Å². The smallest absolute Gasteiger partial charge is 0.164 e. The Bertz CT molecular complexity index is 453. The van der Waals surface area contributed by atoms with E-state index in [0.717, 1.165) is 11.8 Å². The number of allylic oxidation sites excluding steroid dienone is 1. The van der Waals surface area contributed by atoms with Gasteiger partial charge in [0.1, 0.15) is 18.5 Å². The molecule has 4 nitrogen and oxygen atoms in total. The quantitative estimate of drug-likeness (QED) is 0.591. The highest BCUT2D eigenvalue weighted by Crippen LogP contribution is 2.29. The van der Waals surface area contributed by atoms with E-state index in [-0.39, 0.29) is 12.2 Å². The molecule has 0 unspecified atom stereocenters. The van der Waals surface area contributed by atoms with E-state index in [1.807, 2.05) is 44.2 Å². The van der Waals surface area contributed by atoms with Gasteiger partial charge in [0.2, 0.25) is 0 Å². The van der Waals surface area contributed by atoms with Crippen molar-refractivity contribution in [3.63, 3.8) is 0 Å². The summed E-state index contributed by atoms with van der Waals surface area (Å²) < 4.78 is 17.2.